The van der Waals surface area contributed by atoms with Crippen molar-refractivity contribution in [1.29, 1.82) is 0 Å². The van der Waals surface area contributed by atoms with E-state index in [1.165, 1.54) is 5.56 Å². The van der Waals surface area contributed by atoms with Crippen LogP contribution in [0.15, 0.2) is 30.5 Å². The maximum atomic E-state index is 15.3. The zero-order valence-corrected chi connectivity index (χ0v) is 23.1. The number of halogens is 2. The van der Waals surface area contributed by atoms with Gasteiger partial charge in [-0.25, -0.2) is 14.2 Å². The number of nitrogens with one attached hydrogen (secondary N) is 1. The van der Waals surface area contributed by atoms with E-state index in [2.05, 4.69) is 34.3 Å². The molecule has 2 fully saturated rings. The van der Waals surface area contributed by atoms with Crippen LogP contribution < -0.4 is 5.32 Å². The van der Waals surface area contributed by atoms with Crippen molar-refractivity contribution in [2.75, 3.05) is 18.4 Å². The van der Waals surface area contributed by atoms with Crippen molar-refractivity contribution in [3.05, 3.63) is 53.0 Å². The molecule has 1 saturated heterocycles. The third-order valence-corrected chi connectivity index (χ3v) is 8.43. The summed E-state index contributed by atoms with van der Waals surface area (Å²) in [6, 6.07) is 8.15. The molecule has 1 saturated carbocycles. The Bertz CT molecular complexity index is 1070. The highest BCUT2D eigenvalue weighted by molar-refractivity contribution is 14.1. The molecular weight excluding hydrogens is 570 g/mol. The second-order valence-electron chi connectivity index (χ2n) is 10.8. The number of hydrogen-bond acceptors (Lipinski definition) is 6. The molecule has 2 aromatic heterocycles. The average molecular weight is 607 g/mol. The van der Waals surface area contributed by atoms with Gasteiger partial charge in [0.15, 0.2) is 23.0 Å². The van der Waals surface area contributed by atoms with Crippen LogP contribution in [0.25, 0.3) is 0 Å². The fourth-order valence-electron chi connectivity index (χ4n) is 5.77. The maximum Gasteiger partial charge on any atom is 0.337 e. The van der Waals surface area contributed by atoms with E-state index < -0.39 is 12.2 Å². The van der Waals surface area contributed by atoms with Crippen molar-refractivity contribution in [2.24, 2.45) is 5.92 Å². The number of likely N-dealkylation sites (tertiary alicyclic amines) is 1. The summed E-state index contributed by atoms with van der Waals surface area (Å²) in [4.78, 5) is 24.3. The number of aromatic nitrogens is 2. The number of aryl methyl sites for hydroxylation is 2. The minimum atomic E-state index is -0.859. The first-order valence-electron chi connectivity index (χ1n) is 13.4. The summed E-state index contributed by atoms with van der Waals surface area (Å²) in [5, 5.41) is 3.48. The van der Waals surface area contributed by atoms with E-state index >= 15 is 4.39 Å². The Morgan fingerprint density at radius 1 is 1.25 bits per heavy atom. The molecule has 1 aliphatic carbocycles. The van der Waals surface area contributed by atoms with E-state index in [0.717, 1.165) is 74.1 Å². The van der Waals surface area contributed by atoms with E-state index in [0.29, 0.717) is 31.5 Å². The first kappa shape index (κ1) is 25.8. The van der Waals surface area contributed by atoms with Gasteiger partial charge < -0.3 is 8.38 Å². The van der Waals surface area contributed by atoms with Gasteiger partial charge in [-0.1, -0.05) is 18.6 Å². The third kappa shape index (κ3) is 6.01. The van der Waals surface area contributed by atoms with E-state index in [-0.39, 0.29) is 11.9 Å². The lowest BCUT2D eigenvalue weighted by Crippen LogP contribution is -2.34. The summed E-state index contributed by atoms with van der Waals surface area (Å²) in [5.41, 5.74) is 4.32. The first-order valence-corrected chi connectivity index (χ1v) is 14.3. The number of unbranched alkanes of at least 4 members (excludes halogenated alkanes) is 1. The maximum absolute atomic E-state index is 15.3. The number of hydrogen-bond donors (Lipinski definition) is 1. The quantitative estimate of drug-likeness (QED) is 0.260. The Labute approximate surface area is 227 Å². The molecule has 1 N–H and O–H groups in total. The predicted octanol–water partition coefficient (Wildman–Crippen LogP) is 6.11. The average Bonchev–Trinajstić information content (AvgIpc) is 3.63. The van der Waals surface area contributed by atoms with E-state index in [1.807, 2.05) is 12.1 Å². The number of rotatable bonds is 10. The summed E-state index contributed by atoms with van der Waals surface area (Å²) >= 11 is 1.67. The van der Waals surface area contributed by atoms with Crippen LogP contribution in [0.2, 0.25) is 0 Å². The van der Waals surface area contributed by atoms with Crippen molar-refractivity contribution in [1.82, 2.24) is 14.9 Å². The first-order chi connectivity index (χ1) is 17.5. The molecule has 6 nitrogen and oxygen atoms in total. The number of pyridine rings is 2. The molecule has 3 unspecified atom stereocenters. The number of alkyl halides is 1. The van der Waals surface area contributed by atoms with E-state index in [1.54, 1.807) is 29.2 Å². The van der Waals surface area contributed by atoms with Crippen molar-refractivity contribution in [2.45, 2.75) is 88.9 Å². The van der Waals surface area contributed by atoms with Crippen LogP contribution in [-0.4, -0.2) is 46.1 Å². The SMILES string of the molecule is CC1CCc2ccc(CCCCC(F)[C@@H]3CCN(C(C(=O)OI)c4cccnc4C4CC4)C3)nc2N1. The van der Waals surface area contributed by atoms with E-state index in [9.17, 15) is 4.79 Å². The smallest absolute Gasteiger partial charge is 0.337 e. The van der Waals surface area contributed by atoms with Crippen molar-refractivity contribution in [3.63, 3.8) is 0 Å². The van der Waals surface area contributed by atoms with Crippen LogP contribution in [0.1, 0.15) is 86.3 Å². The summed E-state index contributed by atoms with van der Waals surface area (Å²) in [6.07, 6.45) is 9.36. The normalized spacial score (nSPS) is 23.5. The van der Waals surface area contributed by atoms with Gasteiger partial charge in [0.05, 0.1) is 0 Å². The molecule has 0 spiro atoms. The molecule has 0 radical (unpaired) electrons. The van der Waals surface area contributed by atoms with Gasteiger partial charge in [0.2, 0.25) is 0 Å². The Hall–Kier alpha value is -1.81. The minimum absolute atomic E-state index is 0.0527. The number of fused-ring (bicyclic) bond motifs is 1. The highest BCUT2D eigenvalue weighted by Crippen LogP contribution is 2.43. The molecule has 2 aliphatic heterocycles. The summed E-state index contributed by atoms with van der Waals surface area (Å²) in [7, 11) is 0. The molecule has 4 heterocycles. The second kappa shape index (κ2) is 11.7. The molecule has 4 atom stereocenters. The van der Waals surface area contributed by atoms with Gasteiger partial charge in [-0.2, -0.15) is 0 Å². The van der Waals surface area contributed by atoms with Crippen molar-refractivity contribution >= 4 is 34.8 Å². The number of anilines is 1. The zero-order valence-electron chi connectivity index (χ0n) is 21.0. The highest BCUT2D eigenvalue weighted by Gasteiger charge is 2.40. The lowest BCUT2D eigenvalue weighted by atomic mass is 9.97. The van der Waals surface area contributed by atoms with Gasteiger partial charge in [-0.15, -0.1) is 0 Å². The Balaban J connectivity index is 1.13. The van der Waals surface area contributed by atoms with Gasteiger partial charge in [0.1, 0.15) is 18.0 Å². The molecule has 0 bridgehead atoms. The molecule has 5 rings (SSSR count). The molecule has 8 heteroatoms. The van der Waals surface area contributed by atoms with Crippen LogP contribution >= 0.6 is 23.0 Å². The lowest BCUT2D eigenvalue weighted by molar-refractivity contribution is -0.137. The van der Waals surface area contributed by atoms with Crippen LogP contribution in [0.5, 0.6) is 0 Å². The molecule has 36 heavy (non-hydrogen) atoms. The van der Waals surface area contributed by atoms with Crippen molar-refractivity contribution < 1.29 is 12.3 Å². The second-order valence-corrected chi connectivity index (χ2v) is 11.2. The lowest BCUT2D eigenvalue weighted by Gasteiger charge is -2.27. The standard InChI is InChI=1S/C28H36FIN4O2/c1-18-8-9-20-12-13-22(33-27(20)32-18)5-2-3-7-24(29)21-14-16-34(17-21)26(28(35)36-30)23-6-4-15-31-25(23)19-10-11-19/h4,6,12-13,15,18-19,21,24,26H,2-3,5,7-11,14,16-17H2,1H3,(H,32,33)/t18?,21-,24?,26?/m1/s1. The molecule has 2 aromatic rings. The molecule has 0 amide bonds. The predicted molar refractivity (Wildman–Crippen MR) is 147 cm³/mol. The number of carbonyl (C=O) groups is 1. The van der Waals surface area contributed by atoms with Gasteiger partial charge >= 0.3 is 5.97 Å². The van der Waals surface area contributed by atoms with Crippen LogP contribution in [0, 0.1) is 5.92 Å². The zero-order chi connectivity index (χ0) is 25.1. The molecule has 3 aliphatic rings. The van der Waals surface area contributed by atoms with E-state index in [4.69, 9.17) is 8.05 Å². The fraction of sp³-hybridized carbons (Fsp3) is 0.607. The Morgan fingerprint density at radius 3 is 2.92 bits per heavy atom. The van der Waals surface area contributed by atoms with Crippen LogP contribution in [0.4, 0.5) is 10.2 Å². The monoisotopic (exact) mass is 606 g/mol. The molecular formula is C28H36FIN4O2. The topological polar surface area (TPSA) is 67.4 Å². The van der Waals surface area contributed by atoms with Gasteiger partial charge in [0, 0.05) is 47.6 Å². The fourth-order valence-corrected chi connectivity index (χ4v) is 6.01. The molecule has 0 aromatic carbocycles. The van der Waals surface area contributed by atoms with Gasteiger partial charge in [-0.05, 0) is 82.5 Å². The largest absolute Gasteiger partial charge is 0.393 e. The van der Waals surface area contributed by atoms with Gasteiger partial charge in [-0.3, -0.25) is 9.88 Å². The summed E-state index contributed by atoms with van der Waals surface area (Å²) < 4.78 is 20.4. The Kier molecular flexibility index (Phi) is 8.40. The molecule has 194 valence electrons. The number of nitrogens with zero attached hydrogens (tertiary/aromatic N) is 3. The summed E-state index contributed by atoms with van der Waals surface area (Å²) in [6.45, 7) is 3.47. The Morgan fingerprint density at radius 2 is 2.11 bits per heavy atom. The van der Waals surface area contributed by atoms with Crippen LogP contribution in [0.3, 0.4) is 0 Å². The highest BCUT2D eigenvalue weighted by atomic mass is 127. The van der Waals surface area contributed by atoms with Crippen LogP contribution in [-0.2, 0) is 20.7 Å². The van der Waals surface area contributed by atoms with Crippen molar-refractivity contribution in [3.8, 4) is 0 Å². The minimum Gasteiger partial charge on any atom is -0.393 e. The third-order valence-electron chi connectivity index (χ3n) is 7.99. The van der Waals surface area contributed by atoms with Gasteiger partial charge in [0.25, 0.3) is 0 Å². The summed E-state index contributed by atoms with van der Waals surface area (Å²) in [5.74, 6) is 1.12. The number of carbonyl (C=O) groups excluding carboxylic acids is 1.